The van der Waals surface area contributed by atoms with Gasteiger partial charge in [0, 0.05) is 6.04 Å². The first-order chi connectivity index (χ1) is 12.3. The molecule has 2 aromatic carbocycles. The number of carbonyl (C=O) groups excluding carboxylic acids is 1. The fraction of sp³-hybridized carbons (Fsp3) is 0.409. The van der Waals surface area contributed by atoms with E-state index in [1.54, 1.807) is 0 Å². The Bertz CT molecular complexity index is 594. The minimum atomic E-state index is -0.220. The molecule has 1 aliphatic carbocycles. The second-order valence-electron chi connectivity index (χ2n) is 6.77. The summed E-state index contributed by atoms with van der Waals surface area (Å²) in [5, 5.41) is 3.15. The fourth-order valence-corrected chi connectivity index (χ4v) is 3.49. The van der Waals surface area contributed by atoms with Crippen molar-refractivity contribution in [2.24, 2.45) is 0 Å². The van der Waals surface area contributed by atoms with E-state index in [9.17, 15) is 4.79 Å². The van der Waals surface area contributed by atoms with E-state index in [1.807, 2.05) is 60.7 Å². The topological polar surface area (TPSA) is 38.3 Å². The lowest BCUT2D eigenvalue weighted by molar-refractivity contribution is -0.127. The Balaban J connectivity index is 1.61. The van der Waals surface area contributed by atoms with Gasteiger partial charge >= 0.3 is 0 Å². The zero-order valence-corrected chi connectivity index (χ0v) is 14.7. The van der Waals surface area contributed by atoms with E-state index in [1.165, 1.54) is 25.7 Å². The van der Waals surface area contributed by atoms with Crippen molar-refractivity contribution in [3.63, 3.8) is 0 Å². The quantitative estimate of drug-likeness (QED) is 0.780. The monoisotopic (exact) mass is 337 g/mol. The zero-order valence-electron chi connectivity index (χ0n) is 14.7. The number of nitrogens with one attached hydrogen (secondary N) is 1. The molecule has 1 fully saturated rings. The lowest BCUT2D eigenvalue weighted by Gasteiger charge is -2.20. The Kier molecular flexibility index (Phi) is 6.63. The standard InChI is InChI=1S/C22H27NO2/c24-21(23-20-15-9-1-2-10-16-20)17-25-22(18-11-5-3-6-12-18)19-13-7-4-8-14-19/h3-8,11-14,20,22H,1-2,9-10,15-17H2,(H,23,24). The predicted octanol–water partition coefficient (Wildman–Crippen LogP) is 4.63. The van der Waals surface area contributed by atoms with Crippen LogP contribution in [0.15, 0.2) is 60.7 Å². The third-order valence-corrected chi connectivity index (χ3v) is 4.81. The summed E-state index contributed by atoms with van der Waals surface area (Å²) < 4.78 is 6.04. The van der Waals surface area contributed by atoms with Crippen molar-refractivity contribution in [3.8, 4) is 0 Å². The van der Waals surface area contributed by atoms with Crippen LogP contribution < -0.4 is 5.32 Å². The maximum atomic E-state index is 12.4. The molecule has 1 N–H and O–H groups in total. The summed E-state index contributed by atoms with van der Waals surface area (Å²) in [4.78, 5) is 12.4. The van der Waals surface area contributed by atoms with E-state index in [-0.39, 0.29) is 18.6 Å². The van der Waals surface area contributed by atoms with Crippen LogP contribution in [0.25, 0.3) is 0 Å². The number of rotatable bonds is 6. The number of amides is 1. The van der Waals surface area contributed by atoms with E-state index in [0.29, 0.717) is 6.04 Å². The van der Waals surface area contributed by atoms with Gasteiger partial charge in [0.15, 0.2) is 0 Å². The summed E-state index contributed by atoms with van der Waals surface area (Å²) in [6.07, 6.45) is 6.95. The van der Waals surface area contributed by atoms with Crippen molar-refractivity contribution >= 4 is 5.91 Å². The first kappa shape index (κ1) is 17.7. The van der Waals surface area contributed by atoms with Crippen LogP contribution in [0.5, 0.6) is 0 Å². The molecule has 0 bridgehead atoms. The predicted molar refractivity (Wildman–Crippen MR) is 100 cm³/mol. The van der Waals surface area contributed by atoms with Gasteiger partial charge in [-0.3, -0.25) is 4.79 Å². The Morgan fingerprint density at radius 3 is 1.92 bits per heavy atom. The molecule has 3 heteroatoms. The molecule has 0 atom stereocenters. The van der Waals surface area contributed by atoms with E-state index in [0.717, 1.165) is 24.0 Å². The third-order valence-electron chi connectivity index (χ3n) is 4.81. The Morgan fingerprint density at radius 1 is 0.880 bits per heavy atom. The molecule has 0 spiro atoms. The van der Waals surface area contributed by atoms with Gasteiger partial charge in [-0.05, 0) is 24.0 Å². The average Bonchev–Trinajstić information content (AvgIpc) is 2.92. The van der Waals surface area contributed by atoms with Crippen LogP contribution in [0, 0.1) is 0 Å². The van der Waals surface area contributed by atoms with E-state index < -0.39 is 0 Å². The lowest BCUT2D eigenvalue weighted by Crippen LogP contribution is -2.37. The van der Waals surface area contributed by atoms with Gasteiger partial charge < -0.3 is 10.1 Å². The number of hydrogen-bond donors (Lipinski definition) is 1. The molecule has 132 valence electrons. The largest absolute Gasteiger partial charge is 0.359 e. The summed E-state index contributed by atoms with van der Waals surface area (Å²) >= 11 is 0. The maximum Gasteiger partial charge on any atom is 0.246 e. The van der Waals surface area contributed by atoms with Crippen LogP contribution >= 0.6 is 0 Å². The molecular weight excluding hydrogens is 310 g/mol. The van der Waals surface area contributed by atoms with Crippen molar-refractivity contribution in [3.05, 3.63) is 71.8 Å². The van der Waals surface area contributed by atoms with E-state index in [4.69, 9.17) is 4.74 Å². The molecule has 0 unspecified atom stereocenters. The second-order valence-corrected chi connectivity index (χ2v) is 6.77. The highest BCUT2D eigenvalue weighted by Gasteiger charge is 2.18. The van der Waals surface area contributed by atoms with Crippen molar-refractivity contribution < 1.29 is 9.53 Å². The molecular formula is C22H27NO2. The fourth-order valence-electron chi connectivity index (χ4n) is 3.49. The van der Waals surface area contributed by atoms with Gasteiger partial charge in [0.1, 0.15) is 12.7 Å². The van der Waals surface area contributed by atoms with Crippen molar-refractivity contribution in [1.82, 2.24) is 5.32 Å². The molecule has 3 nitrogen and oxygen atoms in total. The summed E-state index contributed by atoms with van der Waals surface area (Å²) in [6.45, 7) is 0.0882. The molecule has 0 radical (unpaired) electrons. The van der Waals surface area contributed by atoms with Crippen molar-refractivity contribution in [1.29, 1.82) is 0 Å². The van der Waals surface area contributed by atoms with Crippen LogP contribution in [0.4, 0.5) is 0 Å². The molecule has 1 amide bonds. The maximum absolute atomic E-state index is 12.4. The molecule has 2 aromatic rings. The van der Waals surface area contributed by atoms with Crippen LogP contribution in [0.1, 0.15) is 55.8 Å². The summed E-state index contributed by atoms with van der Waals surface area (Å²) in [7, 11) is 0. The highest BCUT2D eigenvalue weighted by Crippen LogP contribution is 2.25. The van der Waals surface area contributed by atoms with Gasteiger partial charge in [-0.25, -0.2) is 0 Å². The van der Waals surface area contributed by atoms with E-state index >= 15 is 0 Å². The number of benzene rings is 2. The number of carbonyl (C=O) groups is 1. The zero-order chi connectivity index (χ0) is 17.3. The lowest BCUT2D eigenvalue weighted by atomic mass is 10.0. The van der Waals surface area contributed by atoms with Gasteiger partial charge in [0.2, 0.25) is 5.91 Å². The minimum Gasteiger partial charge on any atom is -0.359 e. The molecule has 1 aliphatic rings. The number of hydrogen-bond acceptors (Lipinski definition) is 2. The molecule has 0 aromatic heterocycles. The minimum absolute atomic E-state index is 0.0104. The Morgan fingerprint density at radius 2 is 1.40 bits per heavy atom. The van der Waals surface area contributed by atoms with Crippen molar-refractivity contribution in [2.45, 2.75) is 50.7 Å². The summed E-state index contributed by atoms with van der Waals surface area (Å²) in [5.41, 5.74) is 2.13. The first-order valence-corrected chi connectivity index (χ1v) is 9.34. The first-order valence-electron chi connectivity index (χ1n) is 9.34. The highest BCUT2D eigenvalue weighted by molar-refractivity contribution is 5.77. The smallest absolute Gasteiger partial charge is 0.246 e. The second kappa shape index (κ2) is 9.38. The van der Waals surface area contributed by atoms with Gasteiger partial charge in [0.25, 0.3) is 0 Å². The van der Waals surface area contributed by atoms with E-state index in [2.05, 4.69) is 5.32 Å². The Labute approximate surface area is 150 Å². The third kappa shape index (κ3) is 5.43. The molecule has 0 aliphatic heterocycles. The molecule has 0 heterocycles. The van der Waals surface area contributed by atoms with Gasteiger partial charge in [-0.2, -0.15) is 0 Å². The highest BCUT2D eigenvalue weighted by atomic mass is 16.5. The van der Waals surface area contributed by atoms with Crippen molar-refractivity contribution in [2.75, 3.05) is 6.61 Å². The molecule has 0 saturated heterocycles. The van der Waals surface area contributed by atoms with Gasteiger partial charge in [-0.15, -0.1) is 0 Å². The normalized spacial score (nSPS) is 15.7. The summed E-state index contributed by atoms with van der Waals surface area (Å²) in [5.74, 6) is -0.0104. The average molecular weight is 337 g/mol. The van der Waals surface area contributed by atoms with Crippen LogP contribution in [-0.4, -0.2) is 18.6 Å². The van der Waals surface area contributed by atoms with Crippen LogP contribution in [0.3, 0.4) is 0 Å². The molecule has 1 saturated carbocycles. The SMILES string of the molecule is O=C(COC(c1ccccc1)c1ccccc1)NC1CCCCCC1. The molecule has 25 heavy (non-hydrogen) atoms. The van der Waals surface area contributed by atoms with Crippen LogP contribution in [0.2, 0.25) is 0 Å². The Hall–Kier alpha value is -2.13. The number of ether oxygens (including phenoxy) is 1. The summed E-state index contributed by atoms with van der Waals surface area (Å²) in [6, 6.07) is 20.5. The molecule has 3 rings (SSSR count). The van der Waals surface area contributed by atoms with Crippen LogP contribution in [-0.2, 0) is 9.53 Å². The van der Waals surface area contributed by atoms with Gasteiger partial charge in [0.05, 0.1) is 0 Å². The van der Waals surface area contributed by atoms with Gasteiger partial charge in [-0.1, -0.05) is 86.3 Å².